The summed E-state index contributed by atoms with van der Waals surface area (Å²) in [6.07, 6.45) is 2.87. The molecule has 6 heteroatoms. The van der Waals surface area contributed by atoms with Crippen molar-refractivity contribution >= 4 is 17.3 Å². The van der Waals surface area contributed by atoms with Crippen molar-refractivity contribution < 1.29 is 13.6 Å². The van der Waals surface area contributed by atoms with Gasteiger partial charge in [-0.15, -0.1) is 0 Å². The van der Waals surface area contributed by atoms with Crippen LogP contribution in [0.4, 0.5) is 10.1 Å². The molecule has 28 heavy (non-hydrogen) atoms. The first-order valence-electron chi connectivity index (χ1n) is 9.06. The molecule has 1 aliphatic heterocycles. The van der Waals surface area contributed by atoms with Gasteiger partial charge in [-0.3, -0.25) is 9.79 Å². The number of furan rings is 1. The van der Waals surface area contributed by atoms with Crippen LogP contribution in [0.15, 0.2) is 76.5 Å². The minimum Gasteiger partial charge on any atom is -0.472 e. The van der Waals surface area contributed by atoms with Gasteiger partial charge in [0.15, 0.2) is 0 Å². The summed E-state index contributed by atoms with van der Waals surface area (Å²) < 4.78 is 19.0. The van der Waals surface area contributed by atoms with Crippen LogP contribution >= 0.6 is 0 Å². The molecule has 1 atom stereocenters. The van der Waals surface area contributed by atoms with Gasteiger partial charge in [-0.05, 0) is 24.3 Å². The van der Waals surface area contributed by atoms with Crippen molar-refractivity contribution in [1.29, 1.82) is 0 Å². The lowest BCUT2D eigenvalue weighted by Crippen LogP contribution is -2.43. The van der Waals surface area contributed by atoms with Crippen molar-refractivity contribution in [2.75, 3.05) is 25.0 Å². The van der Waals surface area contributed by atoms with Gasteiger partial charge in [-0.1, -0.05) is 30.3 Å². The van der Waals surface area contributed by atoms with Crippen LogP contribution in [0.5, 0.6) is 0 Å². The molecule has 0 spiro atoms. The smallest absolute Gasteiger partial charge is 0.254 e. The number of amides is 1. The Kier molecular flexibility index (Phi) is 4.93. The average molecular weight is 377 g/mol. The number of anilines is 1. The molecule has 0 unspecified atom stereocenters. The average Bonchev–Trinajstić information content (AvgIpc) is 3.22. The highest BCUT2D eigenvalue weighted by molar-refractivity contribution is 6.16. The van der Waals surface area contributed by atoms with Crippen molar-refractivity contribution in [2.24, 2.45) is 4.99 Å². The van der Waals surface area contributed by atoms with Gasteiger partial charge in [0.25, 0.3) is 5.91 Å². The maximum Gasteiger partial charge on any atom is 0.254 e. The quantitative estimate of drug-likeness (QED) is 0.757. The summed E-state index contributed by atoms with van der Waals surface area (Å²) in [4.78, 5) is 19.0. The molecule has 1 amide bonds. The molecule has 3 aromatic rings. The van der Waals surface area contributed by atoms with E-state index in [1.807, 2.05) is 42.3 Å². The molecule has 1 aromatic heterocycles. The van der Waals surface area contributed by atoms with Gasteiger partial charge in [-0.25, -0.2) is 4.39 Å². The fourth-order valence-electron chi connectivity index (χ4n) is 3.35. The van der Waals surface area contributed by atoms with Gasteiger partial charge in [-0.2, -0.15) is 0 Å². The zero-order chi connectivity index (χ0) is 19.5. The molecule has 4 rings (SSSR count). The Morgan fingerprint density at radius 3 is 2.82 bits per heavy atom. The van der Waals surface area contributed by atoms with Crippen molar-refractivity contribution in [3.63, 3.8) is 0 Å². The number of halogens is 1. The number of nitrogens with zero attached hydrogens (tertiary/aromatic N) is 2. The lowest BCUT2D eigenvalue weighted by Gasteiger charge is -2.28. The molecule has 142 valence electrons. The number of benzodiazepines with no additional fused rings is 1. The first-order chi connectivity index (χ1) is 13.6. The fourth-order valence-corrected chi connectivity index (χ4v) is 3.35. The molecule has 5 nitrogen and oxygen atoms in total. The normalized spacial score (nSPS) is 16.1. The Bertz CT molecular complexity index is 1000. The van der Waals surface area contributed by atoms with Crippen molar-refractivity contribution in [3.05, 3.63) is 89.6 Å². The van der Waals surface area contributed by atoms with E-state index in [-0.39, 0.29) is 17.8 Å². The van der Waals surface area contributed by atoms with Crippen LogP contribution in [-0.4, -0.2) is 37.8 Å². The monoisotopic (exact) mass is 377 g/mol. The van der Waals surface area contributed by atoms with Gasteiger partial charge >= 0.3 is 0 Å². The van der Waals surface area contributed by atoms with Crippen LogP contribution in [0.1, 0.15) is 21.5 Å². The third kappa shape index (κ3) is 3.53. The summed E-state index contributed by atoms with van der Waals surface area (Å²) in [7, 11) is 1.90. The minimum atomic E-state index is -0.305. The summed E-state index contributed by atoms with van der Waals surface area (Å²) in [5, 5.41) is 2.91. The highest BCUT2D eigenvalue weighted by Gasteiger charge is 2.25. The summed E-state index contributed by atoms with van der Waals surface area (Å²) in [5.74, 6) is -0.515. The fraction of sp³-hybridized carbons (Fsp3) is 0.182. The van der Waals surface area contributed by atoms with Crippen LogP contribution in [0.25, 0.3) is 0 Å². The Morgan fingerprint density at radius 2 is 2.07 bits per heavy atom. The summed E-state index contributed by atoms with van der Waals surface area (Å²) in [6, 6.07) is 16.1. The number of hydrogen-bond donors (Lipinski definition) is 1. The molecule has 0 radical (unpaired) electrons. The van der Waals surface area contributed by atoms with E-state index in [4.69, 9.17) is 9.41 Å². The van der Waals surface area contributed by atoms with Crippen molar-refractivity contribution in [1.82, 2.24) is 5.32 Å². The van der Waals surface area contributed by atoms with Gasteiger partial charge in [0.1, 0.15) is 12.1 Å². The number of carbonyl (C=O) groups is 1. The first kappa shape index (κ1) is 18.0. The lowest BCUT2D eigenvalue weighted by molar-refractivity contribution is 0.0951. The third-order valence-electron chi connectivity index (χ3n) is 4.93. The van der Waals surface area contributed by atoms with Crippen LogP contribution in [0.3, 0.4) is 0 Å². The third-order valence-corrected chi connectivity index (χ3v) is 4.93. The first-order valence-corrected chi connectivity index (χ1v) is 9.06. The maximum atomic E-state index is 14.0. The van der Waals surface area contributed by atoms with E-state index in [1.165, 1.54) is 24.7 Å². The van der Waals surface area contributed by atoms with Crippen LogP contribution in [-0.2, 0) is 0 Å². The van der Waals surface area contributed by atoms with Gasteiger partial charge in [0, 0.05) is 30.4 Å². The second-order valence-corrected chi connectivity index (χ2v) is 6.70. The van der Waals surface area contributed by atoms with Gasteiger partial charge < -0.3 is 14.6 Å². The molecule has 0 saturated heterocycles. The van der Waals surface area contributed by atoms with Gasteiger partial charge in [0.2, 0.25) is 0 Å². The Labute approximate surface area is 162 Å². The standard InChI is InChI=1S/C22H20FN3O2/c1-26-18(13-25-22(27)16-9-10-28-14-16)12-24-21(15-5-3-2-4-6-15)19-8-7-17(23)11-20(19)26/h2-11,14,18H,12-13H2,1H3,(H,25,27)/t18-/m0/s1. The van der Waals surface area contributed by atoms with E-state index in [1.54, 1.807) is 12.1 Å². The lowest BCUT2D eigenvalue weighted by atomic mass is 10.00. The summed E-state index contributed by atoms with van der Waals surface area (Å²) >= 11 is 0. The zero-order valence-electron chi connectivity index (χ0n) is 15.4. The Balaban J connectivity index is 1.64. The minimum absolute atomic E-state index is 0.113. The topological polar surface area (TPSA) is 57.8 Å². The molecular weight excluding hydrogens is 357 g/mol. The van der Waals surface area contributed by atoms with E-state index in [2.05, 4.69) is 5.32 Å². The molecule has 1 aliphatic rings. The summed E-state index contributed by atoms with van der Waals surface area (Å²) in [5.41, 5.74) is 3.90. The SMILES string of the molecule is CN1c2cc(F)ccc2C(c2ccccc2)=NC[C@H]1CNC(=O)c1ccoc1. The predicted octanol–water partition coefficient (Wildman–Crippen LogP) is 3.50. The van der Waals surface area contributed by atoms with E-state index in [0.717, 1.165) is 22.5 Å². The number of nitrogens with one attached hydrogen (secondary N) is 1. The number of rotatable bonds is 4. The molecular formula is C22H20FN3O2. The number of likely N-dealkylation sites (N-methyl/N-ethyl adjacent to an activating group) is 1. The largest absolute Gasteiger partial charge is 0.472 e. The number of hydrogen-bond acceptors (Lipinski definition) is 4. The number of carbonyl (C=O) groups excluding carboxylic acids is 1. The number of benzene rings is 2. The van der Waals surface area contributed by atoms with Crippen LogP contribution in [0, 0.1) is 5.82 Å². The van der Waals surface area contributed by atoms with Gasteiger partial charge in [0.05, 0.1) is 30.1 Å². The van der Waals surface area contributed by atoms with E-state index in [9.17, 15) is 9.18 Å². The number of aliphatic imine (C=N–C) groups is 1. The Hall–Kier alpha value is -3.41. The number of fused-ring (bicyclic) bond motifs is 1. The molecule has 2 heterocycles. The molecule has 0 bridgehead atoms. The highest BCUT2D eigenvalue weighted by atomic mass is 19.1. The second-order valence-electron chi connectivity index (χ2n) is 6.70. The van der Waals surface area contributed by atoms with Crippen LogP contribution < -0.4 is 10.2 Å². The summed E-state index contributed by atoms with van der Waals surface area (Å²) in [6.45, 7) is 0.852. The van der Waals surface area contributed by atoms with Crippen molar-refractivity contribution in [2.45, 2.75) is 6.04 Å². The molecule has 2 aromatic carbocycles. The molecule has 0 fully saturated rings. The predicted molar refractivity (Wildman–Crippen MR) is 107 cm³/mol. The molecule has 0 aliphatic carbocycles. The second kappa shape index (κ2) is 7.68. The zero-order valence-corrected chi connectivity index (χ0v) is 15.4. The van der Waals surface area contributed by atoms with E-state index >= 15 is 0 Å². The van der Waals surface area contributed by atoms with E-state index < -0.39 is 0 Å². The molecule has 0 saturated carbocycles. The van der Waals surface area contributed by atoms with E-state index in [0.29, 0.717) is 18.7 Å². The van der Waals surface area contributed by atoms with Crippen LogP contribution in [0.2, 0.25) is 0 Å². The highest BCUT2D eigenvalue weighted by Crippen LogP contribution is 2.28. The van der Waals surface area contributed by atoms with Crippen molar-refractivity contribution in [3.8, 4) is 0 Å². The Morgan fingerprint density at radius 1 is 1.25 bits per heavy atom. The molecule has 1 N–H and O–H groups in total. The maximum absolute atomic E-state index is 14.0.